The lowest BCUT2D eigenvalue weighted by Crippen LogP contribution is -2.54. The zero-order valence-electron chi connectivity index (χ0n) is 14.4. The molecular formula is C16H22N6O2S. The van der Waals surface area contributed by atoms with Crippen LogP contribution in [0.1, 0.15) is 13.3 Å². The predicted octanol–water partition coefficient (Wildman–Crippen LogP) is 1.48. The Hall–Kier alpha value is -2.26. The van der Waals surface area contributed by atoms with Gasteiger partial charge in [0.15, 0.2) is 5.13 Å². The number of nitrogens with zero attached hydrogens (tertiary/aromatic N) is 5. The largest absolute Gasteiger partial charge is 0.481 e. The number of nitrogens with one attached hydrogen (secondary N) is 1. The lowest BCUT2D eigenvalue weighted by Gasteiger charge is -2.38. The number of piperazine rings is 1. The second kappa shape index (κ2) is 8.21. The van der Waals surface area contributed by atoms with E-state index in [4.69, 9.17) is 4.74 Å². The van der Waals surface area contributed by atoms with Crippen LogP contribution in [-0.4, -0.2) is 65.1 Å². The van der Waals surface area contributed by atoms with Crippen molar-refractivity contribution in [3.63, 3.8) is 0 Å². The molecule has 0 aliphatic carbocycles. The minimum atomic E-state index is -0.155. The molecule has 25 heavy (non-hydrogen) atoms. The molecule has 0 spiro atoms. The molecule has 0 aromatic carbocycles. The Morgan fingerprint density at radius 3 is 2.76 bits per heavy atom. The van der Waals surface area contributed by atoms with Gasteiger partial charge in [-0.15, -0.1) is 11.3 Å². The van der Waals surface area contributed by atoms with Crippen LogP contribution in [0.2, 0.25) is 0 Å². The standard InChI is InChI=1S/C16H22N6O2S/c1-3-12(14(23)20-16-18-6-11-25-16)21-7-9-22(10-8-21)15-17-5-4-13(19-15)24-2/h4-6,11-12H,3,7-10H2,1-2H3,(H,18,20,23)/t12-/m0/s1. The van der Waals surface area contributed by atoms with Gasteiger partial charge in [-0.3, -0.25) is 9.69 Å². The van der Waals surface area contributed by atoms with Crippen molar-refractivity contribution < 1.29 is 9.53 Å². The average Bonchev–Trinajstić information content (AvgIpc) is 3.16. The Morgan fingerprint density at radius 2 is 2.12 bits per heavy atom. The molecule has 3 heterocycles. The molecule has 1 atom stereocenters. The average molecular weight is 362 g/mol. The Labute approximate surface area is 150 Å². The highest BCUT2D eigenvalue weighted by Gasteiger charge is 2.29. The quantitative estimate of drug-likeness (QED) is 0.833. The Kier molecular flexibility index (Phi) is 5.77. The van der Waals surface area contributed by atoms with Crippen LogP contribution in [0.4, 0.5) is 11.1 Å². The first kappa shape index (κ1) is 17.6. The maximum Gasteiger partial charge on any atom is 0.243 e. The Morgan fingerprint density at radius 1 is 1.32 bits per heavy atom. The van der Waals surface area contributed by atoms with E-state index in [1.54, 1.807) is 25.6 Å². The first-order chi connectivity index (χ1) is 12.2. The first-order valence-corrected chi connectivity index (χ1v) is 9.15. The number of aromatic nitrogens is 3. The monoisotopic (exact) mass is 362 g/mol. The third kappa shape index (κ3) is 4.23. The minimum absolute atomic E-state index is 0.00327. The van der Waals surface area contributed by atoms with Crippen LogP contribution >= 0.6 is 11.3 Å². The molecule has 3 rings (SSSR count). The number of hydrogen-bond acceptors (Lipinski definition) is 8. The number of hydrogen-bond donors (Lipinski definition) is 1. The maximum atomic E-state index is 12.5. The molecule has 2 aromatic rings. The summed E-state index contributed by atoms with van der Waals surface area (Å²) in [6, 6.07) is 1.58. The SMILES string of the molecule is CC[C@@H](C(=O)Nc1nccs1)N1CCN(c2nccc(OC)n2)CC1. The van der Waals surface area contributed by atoms with Crippen molar-refractivity contribution in [1.82, 2.24) is 19.9 Å². The number of ether oxygens (including phenoxy) is 1. The van der Waals surface area contributed by atoms with Crippen molar-refractivity contribution in [2.24, 2.45) is 0 Å². The van der Waals surface area contributed by atoms with Gasteiger partial charge in [-0.25, -0.2) is 9.97 Å². The second-order valence-corrected chi connectivity index (χ2v) is 6.57. The molecule has 0 saturated carbocycles. The summed E-state index contributed by atoms with van der Waals surface area (Å²) < 4.78 is 5.16. The van der Waals surface area contributed by atoms with Crippen molar-refractivity contribution in [2.75, 3.05) is 43.5 Å². The molecule has 9 heteroatoms. The van der Waals surface area contributed by atoms with E-state index in [1.807, 2.05) is 12.3 Å². The lowest BCUT2D eigenvalue weighted by molar-refractivity contribution is -0.121. The van der Waals surface area contributed by atoms with E-state index < -0.39 is 0 Å². The van der Waals surface area contributed by atoms with E-state index in [0.717, 1.165) is 32.6 Å². The molecule has 1 aliphatic rings. The lowest BCUT2D eigenvalue weighted by atomic mass is 10.1. The topological polar surface area (TPSA) is 83.5 Å². The van der Waals surface area contributed by atoms with Gasteiger partial charge in [-0.05, 0) is 6.42 Å². The number of rotatable bonds is 6. The summed E-state index contributed by atoms with van der Waals surface area (Å²) in [7, 11) is 1.59. The van der Waals surface area contributed by atoms with Gasteiger partial charge < -0.3 is 15.0 Å². The zero-order valence-corrected chi connectivity index (χ0v) is 15.2. The van der Waals surface area contributed by atoms with Gasteiger partial charge in [0.25, 0.3) is 0 Å². The summed E-state index contributed by atoms with van der Waals surface area (Å²) in [4.78, 5) is 29.7. The van der Waals surface area contributed by atoms with Crippen LogP contribution in [0.3, 0.4) is 0 Å². The predicted molar refractivity (Wildman–Crippen MR) is 97.2 cm³/mol. The number of amides is 1. The van der Waals surface area contributed by atoms with Crippen LogP contribution in [0.25, 0.3) is 0 Å². The molecule has 1 fully saturated rings. The Balaban J connectivity index is 1.59. The smallest absolute Gasteiger partial charge is 0.243 e. The summed E-state index contributed by atoms with van der Waals surface area (Å²) in [5, 5.41) is 5.40. The normalized spacial score (nSPS) is 16.5. The van der Waals surface area contributed by atoms with Crippen molar-refractivity contribution in [3.8, 4) is 5.88 Å². The number of carbonyl (C=O) groups excluding carboxylic acids is 1. The fourth-order valence-corrected chi connectivity index (χ4v) is 3.45. The van der Waals surface area contributed by atoms with Crippen molar-refractivity contribution >= 4 is 28.3 Å². The molecule has 0 bridgehead atoms. The van der Waals surface area contributed by atoms with Crippen LogP contribution < -0.4 is 15.0 Å². The van der Waals surface area contributed by atoms with E-state index in [1.165, 1.54) is 11.3 Å². The number of carbonyl (C=O) groups is 1. The summed E-state index contributed by atoms with van der Waals surface area (Å²) in [5.41, 5.74) is 0. The van der Waals surface area contributed by atoms with Crippen LogP contribution in [0.15, 0.2) is 23.8 Å². The fourth-order valence-electron chi connectivity index (χ4n) is 2.92. The molecule has 0 radical (unpaired) electrons. The molecule has 0 unspecified atom stereocenters. The fraction of sp³-hybridized carbons (Fsp3) is 0.500. The van der Waals surface area contributed by atoms with Crippen LogP contribution in [-0.2, 0) is 4.79 Å². The van der Waals surface area contributed by atoms with Crippen molar-refractivity contribution in [1.29, 1.82) is 0 Å². The molecule has 1 aliphatic heterocycles. The van der Waals surface area contributed by atoms with E-state index in [2.05, 4.69) is 30.1 Å². The minimum Gasteiger partial charge on any atom is -0.481 e. The van der Waals surface area contributed by atoms with Crippen LogP contribution in [0, 0.1) is 0 Å². The van der Waals surface area contributed by atoms with Crippen molar-refractivity contribution in [2.45, 2.75) is 19.4 Å². The van der Waals surface area contributed by atoms with Gasteiger partial charge in [0.1, 0.15) is 0 Å². The van der Waals surface area contributed by atoms with Gasteiger partial charge >= 0.3 is 0 Å². The molecule has 134 valence electrons. The summed E-state index contributed by atoms with van der Waals surface area (Å²) in [6.45, 7) is 5.14. The molecule has 1 amide bonds. The van der Waals surface area contributed by atoms with Gasteiger partial charge in [0, 0.05) is 50.0 Å². The van der Waals surface area contributed by atoms with E-state index in [-0.39, 0.29) is 11.9 Å². The summed E-state index contributed by atoms with van der Waals surface area (Å²) >= 11 is 1.43. The van der Waals surface area contributed by atoms with E-state index in [0.29, 0.717) is 17.0 Å². The van der Waals surface area contributed by atoms with Gasteiger partial charge in [-0.1, -0.05) is 6.92 Å². The number of methoxy groups -OCH3 is 1. The third-order valence-electron chi connectivity index (χ3n) is 4.22. The third-order valence-corrected chi connectivity index (χ3v) is 4.90. The highest BCUT2D eigenvalue weighted by Crippen LogP contribution is 2.18. The molecule has 8 nitrogen and oxygen atoms in total. The molecule has 2 aromatic heterocycles. The van der Waals surface area contributed by atoms with Crippen LogP contribution in [0.5, 0.6) is 5.88 Å². The van der Waals surface area contributed by atoms with E-state index in [9.17, 15) is 4.79 Å². The number of thiazole rings is 1. The zero-order chi connectivity index (χ0) is 17.6. The molecule has 1 saturated heterocycles. The van der Waals surface area contributed by atoms with Crippen molar-refractivity contribution in [3.05, 3.63) is 23.8 Å². The Bertz CT molecular complexity index is 688. The summed E-state index contributed by atoms with van der Waals surface area (Å²) in [5.74, 6) is 1.23. The van der Waals surface area contributed by atoms with E-state index >= 15 is 0 Å². The first-order valence-electron chi connectivity index (χ1n) is 8.27. The molecule has 1 N–H and O–H groups in total. The summed E-state index contributed by atoms with van der Waals surface area (Å²) in [6.07, 6.45) is 4.14. The van der Waals surface area contributed by atoms with Gasteiger partial charge in [-0.2, -0.15) is 4.98 Å². The highest BCUT2D eigenvalue weighted by molar-refractivity contribution is 7.13. The maximum absolute atomic E-state index is 12.5. The molecular weight excluding hydrogens is 340 g/mol. The second-order valence-electron chi connectivity index (χ2n) is 5.67. The van der Waals surface area contributed by atoms with Gasteiger partial charge in [0.05, 0.1) is 13.2 Å². The van der Waals surface area contributed by atoms with Gasteiger partial charge in [0.2, 0.25) is 17.7 Å². The highest BCUT2D eigenvalue weighted by atomic mass is 32.1. The number of anilines is 2.